The van der Waals surface area contributed by atoms with Gasteiger partial charge in [0, 0.05) is 19.4 Å². The maximum atomic E-state index is 9.35. The van der Waals surface area contributed by atoms with Crippen molar-refractivity contribution >= 4 is 0 Å². The minimum absolute atomic E-state index is 0.311. The Balaban J connectivity index is 2.61. The highest BCUT2D eigenvalue weighted by atomic mass is 14.9. The zero-order valence-electron chi connectivity index (χ0n) is 10.7. The third-order valence-corrected chi connectivity index (χ3v) is 3.25. The van der Waals surface area contributed by atoms with Crippen molar-refractivity contribution in [2.75, 3.05) is 0 Å². The summed E-state index contributed by atoms with van der Waals surface area (Å²) in [6, 6.07) is 4.53. The molecule has 2 nitrogen and oxygen atoms in total. The van der Waals surface area contributed by atoms with Crippen molar-refractivity contribution in [1.82, 2.24) is 4.57 Å². The predicted octanol–water partition coefficient (Wildman–Crippen LogP) is 3.78. The second-order valence-electron chi connectivity index (χ2n) is 4.82. The van der Waals surface area contributed by atoms with Crippen molar-refractivity contribution in [2.24, 2.45) is 7.05 Å². The van der Waals surface area contributed by atoms with Crippen LogP contribution in [-0.2, 0) is 12.5 Å². The van der Waals surface area contributed by atoms with Gasteiger partial charge in [-0.1, -0.05) is 32.6 Å². The molecule has 1 aromatic heterocycles. The number of aromatic nitrogens is 1. The lowest BCUT2D eigenvalue weighted by atomic mass is 9.81. The van der Waals surface area contributed by atoms with Crippen molar-refractivity contribution in [1.29, 1.82) is 5.26 Å². The van der Waals surface area contributed by atoms with Crippen molar-refractivity contribution in [3.05, 3.63) is 24.0 Å². The summed E-state index contributed by atoms with van der Waals surface area (Å²) in [4.78, 5) is 0. The summed E-state index contributed by atoms with van der Waals surface area (Å²) in [7, 11) is 2.00. The number of aryl methyl sites for hydroxylation is 1. The summed E-state index contributed by atoms with van der Waals surface area (Å²) in [5, 5.41) is 9.35. The van der Waals surface area contributed by atoms with Crippen LogP contribution in [0.25, 0.3) is 0 Å². The van der Waals surface area contributed by atoms with Gasteiger partial charge in [-0.05, 0) is 25.0 Å². The molecule has 0 amide bonds. The van der Waals surface area contributed by atoms with E-state index in [4.69, 9.17) is 0 Å². The summed E-state index contributed by atoms with van der Waals surface area (Å²) in [6.07, 6.45) is 9.94. The number of rotatable bonds is 6. The largest absolute Gasteiger partial charge is 0.357 e. The normalized spacial score (nSPS) is 14.4. The molecule has 1 aromatic rings. The number of nitrogens with zero attached hydrogens (tertiary/aromatic N) is 2. The predicted molar refractivity (Wildman–Crippen MR) is 67.1 cm³/mol. The Labute approximate surface area is 98.9 Å². The molecule has 1 unspecified atom stereocenters. The van der Waals surface area contributed by atoms with Crippen LogP contribution in [0.1, 0.15) is 51.5 Å². The van der Waals surface area contributed by atoms with Crippen molar-refractivity contribution in [3.63, 3.8) is 0 Å². The van der Waals surface area contributed by atoms with Gasteiger partial charge in [-0.3, -0.25) is 0 Å². The van der Waals surface area contributed by atoms with Crippen LogP contribution in [0.15, 0.2) is 18.5 Å². The first-order valence-corrected chi connectivity index (χ1v) is 6.16. The van der Waals surface area contributed by atoms with Crippen LogP contribution in [0.5, 0.6) is 0 Å². The second kappa shape index (κ2) is 5.75. The highest BCUT2D eigenvalue weighted by Crippen LogP contribution is 2.29. The second-order valence-corrected chi connectivity index (χ2v) is 4.82. The maximum absolute atomic E-state index is 9.35. The van der Waals surface area contributed by atoms with Gasteiger partial charge >= 0.3 is 0 Å². The minimum Gasteiger partial charge on any atom is -0.357 e. The van der Waals surface area contributed by atoms with E-state index in [1.807, 2.05) is 24.7 Å². The van der Waals surface area contributed by atoms with E-state index < -0.39 is 0 Å². The number of nitriles is 1. The highest BCUT2D eigenvalue weighted by molar-refractivity contribution is 5.29. The summed E-state index contributed by atoms with van der Waals surface area (Å²) in [6.45, 7) is 4.26. The van der Waals surface area contributed by atoms with Gasteiger partial charge < -0.3 is 4.57 Å². The zero-order valence-corrected chi connectivity index (χ0v) is 10.7. The quantitative estimate of drug-likeness (QED) is 0.668. The molecular weight excluding hydrogens is 196 g/mol. The van der Waals surface area contributed by atoms with Crippen LogP contribution < -0.4 is 0 Å². The molecule has 1 heterocycles. The molecule has 0 saturated heterocycles. The third kappa shape index (κ3) is 3.13. The molecule has 0 N–H and O–H groups in total. The average molecular weight is 218 g/mol. The fraction of sp³-hybridized carbons (Fsp3) is 0.643. The molecule has 0 aromatic carbocycles. The van der Waals surface area contributed by atoms with Crippen molar-refractivity contribution < 1.29 is 0 Å². The lowest BCUT2D eigenvalue weighted by molar-refractivity contribution is 0.502. The molecule has 2 heteroatoms. The van der Waals surface area contributed by atoms with Crippen LogP contribution in [0.2, 0.25) is 0 Å². The third-order valence-electron chi connectivity index (χ3n) is 3.25. The van der Waals surface area contributed by atoms with Gasteiger partial charge in [-0.25, -0.2) is 0 Å². The Morgan fingerprint density at radius 2 is 2.12 bits per heavy atom. The Bertz CT molecular complexity index is 359. The summed E-state index contributed by atoms with van der Waals surface area (Å²) >= 11 is 0. The molecule has 0 spiro atoms. The van der Waals surface area contributed by atoms with Crippen molar-refractivity contribution in [3.8, 4) is 6.07 Å². The Morgan fingerprint density at radius 3 is 2.62 bits per heavy atom. The van der Waals surface area contributed by atoms with E-state index in [0.29, 0.717) is 0 Å². The zero-order chi connectivity index (χ0) is 12.0. The first-order chi connectivity index (χ1) is 7.62. The van der Waals surface area contributed by atoms with Gasteiger partial charge in [0.05, 0.1) is 11.5 Å². The van der Waals surface area contributed by atoms with Gasteiger partial charge in [0.2, 0.25) is 0 Å². The van der Waals surface area contributed by atoms with Gasteiger partial charge in [-0.2, -0.15) is 5.26 Å². The Morgan fingerprint density at radius 1 is 1.38 bits per heavy atom. The topological polar surface area (TPSA) is 28.7 Å². The van der Waals surface area contributed by atoms with Crippen molar-refractivity contribution in [2.45, 2.75) is 51.4 Å². The molecule has 1 atom stereocenters. The first-order valence-electron chi connectivity index (χ1n) is 6.16. The van der Waals surface area contributed by atoms with Gasteiger partial charge in [-0.15, -0.1) is 0 Å². The van der Waals surface area contributed by atoms with E-state index in [9.17, 15) is 5.26 Å². The van der Waals surface area contributed by atoms with Crippen LogP contribution >= 0.6 is 0 Å². The SMILES string of the molecule is CCCCCCC(C)(C#N)c1ccn(C)c1. The highest BCUT2D eigenvalue weighted by Gasteiger charge is 2.26. The molecule has 0 radical (unpaired) electrons. The smallest absolute Gasteiger partial charge is 0.0808 e. The van der Waals surface area contributed by atoms with Gasteiger partial charge in [0.1, 0.15) is 0 Å². The van der Waals surface area contributed by atoms with Crippen LogP contribution in [0.3, 0.4) is 0 Å². The van der Waals surface area contributed by atoms with E-state index >= 15 is 0 Å². The summed E-state index contributed by atoms with van der Waals surface area (Å²) in [5.41, 5.74) is 0.837. The van der Waals surface area contributed by atoms with E-state index in [2.05, 4.69) is 25.3 Å². The average Bonchev–Trinajstić information content (AvgIpc) is 2.71. The summed E-state index contributed by atoms with van der Waals surface area (Å²) < 4.78 is 2.01. The van der Waals surface area contributed by atoms with Crippen LogP contribution in [0, 0.1) is 11.3 Å². The molecular formula is C14H22N2. The molecule has 0 fully saturated rings. The molecule has 0 aliphatic carbocycles. The maximum Gasteiger partial charge on any atom is 0.0808 e. The fourth-order valence-corrected chi connectivity index (χ4v) is 2.00. The molecule has 0 aliphatic rings. The molecule has 0 aliphatic heterocycles. The number of unbranched alkanes of at least 4 members (excludes halogenated alkanes) is 3. The monoisotopic (exact) mass is 218 g/mol. The number of hydrogen-bond donors (Lipinski definition) is 0. The lowest BCUT2D eigenvalue weighted by Gasteiger charge is -2.20. The van der Waals surface area contributed by atoms with Gasteiger partial charge in [0.15, 0.2) is 0 Å². The first kappa shape index (κ1) is 12.8. The Hall–Kier alpha value is -1.23. The van der Waals surface area contributed by atoms with E-state index in [1.165, 1.54) is 19.3 Å². The van der Waals surface area contributed by atoms with Crippen LogP contribution in [0.4, 0.5) is 0 Å². The van der Waals surface area contributed by atoms with E-state index in [0.717, 1.165) is 18.4 Å². The van der Waals surface area contributed by atoms with E-state index in [-0.39, 0.29) is 5.41 Å². The lowest BCUT2D eigenvalue weighted by Crippen LogP contribution is -2.18. The minimum atomic E-state index is -0.311. The number of hydrogen-bond acceptors (Lipinski definition) is 1. The molecule has 88 valence electrons. The molecule has 1 rings (SSSR count). The van der Waals surface area contributed by atoms with Gasteiger partial charge in [0.25, 0.3) is 0 Å². The Kier molecular flexibility index (Phi) is 4.61. The van der Waals surface area contributed by atoms with E-state index in [1.54, 1.807) is 0 Å². The molecule has 16 heavy (non-hydrogen) atoms. The standard InChI is InChI=1S/C14H22N2/c1-4-5-6-7-9-14(2,12-15)13-8-10-16(3)11-13/h8,10-11H,4-7,9H2,1-3H3. The molecule has 0 bridgehead atoms. The van der Waals surface area contributed by atoms with Crippen LogP contribution in [-0.4, -0.2) is 4.57 Å². The fourth-order valence-electron chi connectivity index (χ4n) is 2.00. The summed E-state index contributed by atoms with van der Waals surface area (Å²) in [5.74, 6) is 0. The molecule has 0 saturated carbocycles.